The highest BCUT2D eigenvalue weighted by atomic mass is 14.8. The lowest BCUT2D eigenvalue weighted by molar-refractivity contribution is 0.828. The molecule has 0 aliphatic carbocycles. The van der Waals surface area contributed by atoms with Gasteiger partial charge in [-0.2, -0.15) is 0 Å². The van der Waals surface area contributed by atoms with Gasteiger partial charge in [-0.15, -0.1) is 0 Å². The van der Waals surface area contributed by atoms with Crippen LogP contribution < -0.4 is 5.73 Å². The van der Waals surface area contributed by atoms with Crippen molar-refractivity contribution < 1.29 is 0 Å². The van der Waals surface area contributed by atoms with Crippen molar-refractivity contribution in [2.75, 3.05) is 0 Å². The maximum Gasteiger partial charge on any atom is 0.0726 e. The largest absolute Gasteiger partial charge is 0.319 e. The molecule has 0 aliphatic heterocycles. The highest BCUT2D eigenvalue weighted by molar-refractivity contribution is 5.30. The van der Waals surface area contributed by atoms with Crippen LogP contribution >= 0.6 is 0 Å². The molecule has 0 saturated heterocycles. The molecule has 2 rings (SSSR count). The van der Waals surface area contributed by atoms with Crippen molar-refractivity contribution in [1.29, 1.82) is 0 Å². The van der Waals surface area contributed by atoms with E-state index < -0.39 is 0 Å². The molecular formula is C14H16N2. The van der Waals surface area contributed by atoms with Crippen molar-refractivity contribution in [2.45, 2.75) is 19.4 Å². The molecule has 0 spiro atoms. The molecule has 2 aromatic rings. The van der Waals surface area contributed by atoms with Crippen LogP contribution in [0.4, 0.5) is 0 Å². The summed E-state index contributed by atoms with van der Waals surface area (Å²) in [7, 11) is 0. The first kappa shape index (κ1) is 10.8. The molecule has 0 saturated carbocycles. The molecule has 1 unspecified atom stereocenters. The maximum absolute atomic E-state index is 6.15. The summed E-state index contributed by atoms with van der Waals surface area (Å²) in [6, 6.07) is 14.1. The number of nitrogens with two attached hydrogens (primary N) is 1. The van der Waals surface area contributed by atoms with E-state index in [1.54, 1.807) is 6.20 Å². The molecule has 16 heavy (non-hydrogen) atoms. The van der Waals surface area contributed by atoms with Crippen molar-refractivity contribution in [3.05, 3.63) is 65.5 Å². The van der Waals surface area contributed by atoms with Gasteiger partial charge < -0.3 is 5.73 Å². The minimum atomic E-state index is -0.132. The van der Waals surface area contributed by atoms with E-state index in [1.807, 2.05) is 18.2 Å². The average Bonchev–Trinajstić information content (AvgIpc) is 2.39. The fourth-order valence-corrected chi connectivity index (χ4v) is 1.69. The van der Waals surface area contributed by atoms with Gasteiger partial charge in [-0.3, -0.25) is 4.98 Å². The third kappa shape index (κ3) is 2.28. The SMILES string of the molecule is CCc1ccc(C(N)c2ccccn2)cc1. The highest BCUT2D eigenvalue weighted by Crippen LogP contribution is 2.17. The minimum Gasteiger partial charge on any atom is -0.319 e. The van der Waals surface area contributed by atoms with E-state index in [0.29, 0.717) is 0 Å². The summed E-state index contributed by atoms with van der Waals surface area (Å²) < 4.78 is 0. The number of benzene rings is 1. The second kappa shape index (κ2) is 4.90. The van der Waals surface area contributed by atoms with E-state index in [-0.39, 0.29) is 6.04 Å². The van der Waals surface area contributed by atoms with Crippen molar-refractivity contribution in [3.8, 4) is 0 Å². The van der Waals surface area contributed by atoms with E-state index in [1.165, 1.54) is 5.56 Å². The Morgan fingerprint density at radius 2 is 1.88 bits per heavy atom. The molecule has 82 valence electrons. The van der Waals surface area contributed by atoms with Crippen molar-refractivity contribution in [2.24, 2.45) is 5.73 Å². The monoisotopic (exact) mass is 212 g/mol. The fraction of sp³-hybridized carbons (Fsp3) is 0.214. The smallest absolute Gasteiger partial charge is 0.0726 e. The third-order valence-corrected chi connectivity index (χ3v) is 2.75. The summed E-state index contributed by atoms with van der Waals surface area (Å²) >= 11 is 0. The predicted octanol–water partition coefficient (Wildman–Crippen LogP) is 2.69. The lowest BCUT2D eigenvalue weighted by Gasteiger charge is -2.11. The number of hydrogen-bond donors (Lipinski definition) is 1. The summed E-state index contributed by atoms with van der Waals surface area (Å²) in [6.07, 6.45) is 2.83. The van der Waals surface area contributed by atoms with Crippen LogP contribution in [0.5, 0.6) is 0 Å². The Hall–Kier alpha value is -1.67. The molecule has 1 aromatic heterocycles. The molecule has 0 fully saturated rings. The second-order valence-electron chi connectivity index (χ2n) is 3.83. The van der Waals surface area contributed by atoms with Gasteiger partial charge in [-0.05, 0) is 29.7 Å². The van der Waals surface area contributed by atoms with Gasteiger partial charge in [0.1, 0.15) is 0 Å². The fourth-order valence-electron chi connectivity index (χ4n) is 1.69. The van der Waals surface area contributed by atoms with Gasteiger partial charge >= 0.3 is 0 Å². The molecule has 2 N–H and O–H groups in total. The summed E-state index contributed by atoms with van der Waals surface area (Å²) in [5.41, 5.74) is 9.49. The number of rotatable bonds is 3. The van der Waals surface area contributed by atoms with E-state index in [0.717, 1.165) is 17.7 Å². The molecule has 1 atom stereocenters. The number of pyridine rings is 1. The lowest BCUT2D eigenvalue weighted by atomic mass is 10.0. The van der Waals surface area contributed by atoms with Crippen molar-refractivity contribution >= 4 is 0 Å². The first-order valence-electron chi connectivity index (χ1n) is 5.56. The quantitative estimate of drug-likeness (QED) is 0.849. The van der Waals surface area contributed by atoms with Gasteiger partial charge in [0, 0.05) is 6.20 Å². The Labute approximate surface area is 96.1 Å². The molecule has 0 amide bonds. The Morgan fingerprint density at radius 1 is 1.12 bits per heavy atom. The third-order valence-electron chi connectivity index (χ3n) is 2.75. The van der Waals surface area contributed by atoms with E-state index in [9.17, 15) is 0 Å². The predicted molar refractivity (Wildman–Crippen MR) is 66.1 cm³/mol. The second-order valence-corrected chi connectivity index (χ2v) is 3.83. The van der Waals surface area contributed by atoms with E-state index in [2.05, 4.69) is 36.2 Å². The van der Waals surface area contributed by atoms with Crippen LogP contribution in [-0.2, 0) is 6.42 Å². The molecule has 0 aliphatic rings. The lowest BCUT2D eigenvalue weighted by Crippen LogP contribution is -2.13. The molecule has 0 radical (unpaired) electrons. The van der Waals surface area contributed by atoms with Gasteiger partial charge in [0.2, 0.25) is 0 Å². The first-order chi connectivity index (χ1) is 7.81. The standard InChI is InChI=1S/C14H16N2/c1-2-11-6-8-12(9-7-11)14(15)13-5-3-4-10-16-13/h3-10,14H,2,15H2,1H3. The zero-order valence-electron chi connectivity index (χ0n) is 9.43. The molecule has 1 heterocycles. The van der Waals surface area contributed by atoms with E-state index >= 15 is 0 Å². The van der Waals surface area contributed by atoms with Gasteiger partial charge in [0.25, 0.3) is 0 Å². The number of aryl methyl sites for hydroxylation is 1. The van der Waals surface area contributed by atoms with Crippen LogP contribution in [0.25, 0.3) is 0 Å². The van der Waals surface area contributed by atoms with Crippen LogP contribution in [0.3, 0.4) is 0 Å². The highest BCUT2D eigenvalue weighted by Gasteiger charge is 2.08. The average molecular weight is 212 g/mol. The zero-order chi connectivity index (χ0) is 11.4. The normalized spacial score (nSPS) is 12.4. The summed E-state index contributed by atoms with van der Waals surface area (Å²) in [5, 5.41) is 0. The van der Waals surface area contributed by atoms with Crippen LogP contribution in [0.1, 0.15) is 29.8 Å². The van der Waals surface area contributed by atoms with Crippen LogP contribution in [0, 0.1) is 0 Å². The number of nitrogens with zero attached hydrogens (tertiary/aromatic N) is 1. The zero-order valence-corrected chi connectivity index (χ0v) is 9.43. The van der Waals surface area contributed by atoms with Crippen molar-refractivity contribution in [1.82, 2.24) is 4.98 Å². The minimum absolute atomic E-state index is 0.132. The summed E-state index contributed by atoms with van der Waals surface area (Å²) in [5.74, 6) is 0. The maximum atomic E-state index is 6.15. The number of aromatic nitrogens is 1. The van der Waals surface area contributed by atoms with Gasteiger partial charge in [-0.25, -0.2) is 0 Å². The van der Waals surface area contributed by atoms with Gasteiger partial charge in [-0.1, -0.05) is 37.3 Å². The summed E-state index contributed by atoms with van der Waals surface area (Å²) in [4.78, 5) is 4.27. The molecular weight excluding hydrogens is 196 g/mol. The molecule has 2 nitrogen and oxygen atoms in total. The Bertz CT molecular complexity index is 434. The molecule has 0 bridgehead atoms. The Kier molecular flexibility index (Phi) is 3.32. The van der Waals surface area contributed by atoms with Gasteiger partial charge in [0.15, 0.2) is 0 Å². The van der Waals surface area contributed by atoms with Crippen molar-refractivity contribution in [3.63, 3.8) is 0 Å². The van der Waals surface area contributed by atoms with Crippen LogP contribution in [-0.4, -0.2) is 4.98 Å². The van der Waals surface area contributed by atoms with Gasteiger partial charge in [0.05, 0.1) is 11.7 Å². The molecule has 2 heteroatoms. The summed E-state index contributed by atoms with van der Waals surface area (Å²) in [6.45, 7) is 2.15. The molecule has 1 aromatic carbocycles. The topological polar surface area (TPSA) is 38.9 Å². The number of hydrogen-bond acceptors (Lipinski definition) is 2. The van der Waals surface area contributed by atoms with Crippen LogP contribution in [0.15, 0.2) is 48.7 Å². The Morgan fingerprint density at radius 3 is 2.44 bits per heavy atom. The first-order valence-corrected chi connectivity index (χ1v) is 5.56. The van der Waals surface area contributed by atoms with E-state index in [4.69, 9.17) is 5.73 Å². The van der Waals surface area contributed by atoms with Crippen LogP contribution in [0.2, 0.25) is 0 Å². The Balaban J connectivity index is 2.24.